The minimum Gasteiger partial charge on any atom is -0.459 e. The van der Waals surface area contributed by atoms with Crippen molar-refractivity contribution in [3.05, 3.63) is 108 Å². The summed E-state index contributed by atoms with van der Waals surface area (Å²) in [6.07, 6.45) is 1.13. The van der Waals surface area contributed by atoms with E-state index in [9.17, 15) is 4.79 Å². The monoisotopic (exact) mass is 397 g/mol. The molecule has 0 saturated heterocycles. The van der Waals surface area contributed by atoms with Gasteiger partial charge in [0.15, 0.2) is 0 Å². The average Bonchev–Trinajstić information content (AvgIpc) is 2.81. The molecule has 0 bridgehead atoms. The van der Waals surface area contributed by atoms with Gasteiger partial charge in [0.1, 0.15) is 12.1 Å². The van der Waals surface area contributed by atoms with E-state index in [4.69, 9.17) is 10.5 Å². The van der Waals surface area contributed by atoms with E-state index < -0.39 is 11.5 Å². The summed E-state index contributed by atoms with van der Waals surface area (Å²) in [5.74, 6) is 5.53. The first kappa shape index (κ1) is 21.4. The minimum atomic E-state index is -1.20. The molecular formula is C27H27NO2. The van der Waals surface area contributed by atoms with Gasteiger partial charge >= 0.3 is 5.97 Å². The van der Waals surface area contributed by atoms with Crippen LogP contribution in [0.4, 0.5) is 0 Å². The van der Waals surface area contributed by atoms with Crippen molar-refractivity contribution >= 4 is 5.97 Å². The van der Waals surface area contributed by atoms with Crippen LogP contribution in [-0.2, 0) is 22.6 Å². The van der Waals surface area contributed by atoms with E-state index >= 15 is 0 Å². The fourth-order valence-electron chi connectivity index (χ4n) is 3.19. The van der Waals surface area contributed by atoms with E-state index in [1.165, 1.54) is 0 Å². The maximum Gasteiger partial charge on any atom is 0.327 e. The Labute approximate surface area is 178 Å². The van der Waals surface area contributed by atoms with Gasteiger partial charge in [-0.15, -0.1) is 0 Å². The van der Waals surface area contributed by atoms with Crippen LogP contribution in [0.25, 0.3) is 0 Å². The summed E-state index contributed by atoms with van der Waals surface area (Å²) in [5.41, 5.74) is 8.44. The molecule has 0 heterocycles. The number of benzene rings is 3. The molecule has 152 valence electrons. The first-order valence-corrected chi connectivity index (χ1v) is 10.2. The number of carbonyl (C=O) groups excluding carboxylic acids is 1. The Morgan fingerprint density at radius 2 is 1.43 bits per heavy atom. The van der Waals surface area contributed by atoms with E-state index in [1.54, 1.807) is 0 Å². The average molecular weight is 398 g/mol. The van der Waals surface area contributed by atoms with Gasteiger partial charge in [-0.2, -0.15) is 0 Å². The lowest BCUT2D eigenvalue weighted by Gasteiger charge is -2.30. The molecule has 0 aliphatic rings. The predicted molar refractivity (Wildman–Crippen MR) is 120 cm³/mol. The Morgan fingerprint density at radius 1 is 0.900 bits per heavy atom. The summed E-state index contributed by atoms with van der Waals surface area (Å²) >= 11 is 0. The molecule has 3 nitrogen and oxygen atoms in total. The second-order valence-electron chi connectivity index (χ2n) is 7.44. The molecule has 0 amide bonds. The van der Waals surface area contributed by atoms with Crippen molar-refractivity contribution in [1.29, 1.82) is 0 Å². The van der Waals surface area contributed by atoms with Gasteiger partial charge in [-0.1, -0.05) is 90.7 Å². The Hall–Kier alpha value is -3.35. The third kappa shape index (κ3) is 5.83. The Balaban J connectivity index is 1.77. The Kier molecular flexibility index (Phi) is 7.43. The molecule has 3 aromatic rings. The van der Waals surface area contributed by atoms with E-state index in [0.717, 1.165) is 16.7 Å². The minimum absolute atomic E-state index is 0.197. The molecule has 0 fully saturated rings. The molecule has 0 unspecified atom stereocenters. The second-order valence-corrected chi connectivity index (χ2v) is 7.44. The standard InChI is InChI=1S/C27H27NO2/c1-22(17-18-23-11-5-2-6-12-23)27(28,20-19-24-13-7-3-8-14-24)26(29)30-21-25-15-9-4-10-16-25/h2-16,22H,19-21,28H2,1H3/t22-,27+/m1/s1. The van der Waals surface area contributed by atoms with E-state index in [2.05, 4.69) is 11.8 Å². The molecule has 30 heavy (non-hydrogen) atoms. The van der Waals surface area contributed by atoms with E-state index in [0.29, 0.717) is 12.8 Å². The molecule has 0 radical (unpaired) electrons. The Bertz CT molecular complexity index is 991. The topological polar surface area (TPSA) is 52.3 Å². The number of hydrogen-bond donors (Lipinski definition) is 1. The van der Waals surface area contributed by atoms with Crippen molar-refractivity contribution in [1.82, 2.24) is 0 Å². The fraction of sp³-hybridized carbons (Fsp3) is 0.222. The number of esters is 1. The van der Waals surface area contributed by atoms with Crippen LogP contribution in [0.15, 0.2) is 91.0 Å². The van der Waals surface area contributed by atoms with Crippen LogP contribution < -0.4 is 5.73 Å². The smallest absolute Gasteiger partial charge is 0.327 e. The van der Waals surface area contributed by atoms with Gasteiger partial charge in [0.25, 0.3) is 0 Å². The lowest BCUT2D eigenvalue weighted by Crippen LogP contribution is -2.54. The van der Waals surface area contributed by atoms with E-state index in [-0.39, 0.29) is 12.5 Å². The van der Waals surface area contributed by atoms with Crippen LogP contribution in [0.1, 0.15) is 30.0 Å². The molecule has 2 atom stereocenters. The van der Waals surface area contributed by atoms with Crippen LogP contribution in [-0.4, -0.2) is 11.5 Å². The van der Waals surface area contributed by atoms with Crippen LogP contribution in [0.3, 0.4) is 0 Å². The molecule has 3 heteroatoms. The van der Waals surface area contributed by atoms with Crippen molar-refractivity contribution in [3.8, 4) is 11.8 Å². The molecule has 0 spiro atoms. The first-order chi connectivity index (χ1) is 14.6. The lowest BCUT2D eigenvalue weighted by molar-refractivity contribution is -0.153. The van der Waals surface area contributed by atoms with Crippen molar-refractivity contribution < 1.29 is 9.53 Å². The summed E-state index contributed by atoms with van der Waals surface area (Å²) in [7, 11) is 0. The van der Waals surface area contributed by atoms with Gasteiger partial charge in [-0.05, 0) is 43.0 Å². The van der Waals surface area contributed by atoms with Gasteiger partial charge in [0, 0.05) is 11.5 Å². The third-order valence-corrected chi connectivity index (χ3v) is 5.24. The quantitative estimate of drug-likeness (QED) is 0.462. The highest BCUT2D eigenvalue weighted by Gasteiger charge is 2.40. The predicted octanol–water partition coefficient (Wildman–Crippen LogP) is 4.75. The maximum atomic E-state index is 13.1. The maximum absolute atomic E-state index is 13.1. The number of hydrogen-bond acceptors (Lipinski definition) is 3. The number of aryl methyl sites for hydroxylation is 1. The summed E-state index contributed by atoms with van der Waals surface area (Å²) in [5, 5.41) is 0. The second kappa shape index (κ2) is 10.4. The molecule has 0 aromatic heterocycles. The molecular weight excluding hydrogens is 370 g/mol. The van der Waals surface area contributed by atoms with Crippen molar-refractivity contribution in [3.63, 3.8) is 0 Å². The Morgan fingerprint density at radius 3 is 2.03 bits per heavy atom. The molecule has 3 rings (SSSR count). The van der Waals surface area contributed by atoms with Gasteiger partial charge in [0.2, 0.25) is 0 Å². The van der Waals surface area contributed by atoms with E-state index in [1.807, 2.05) is 97.9 Å². The highest BCUT2D eigenvalue weighted by atomic mass is 16.5. The number of ether oxygens (including phenoxy) is 1. The first-order valence-electron chi connectivity index (χ1n) is 10.2. The largest absolute Gasteiger partial charge is 0.459 e. The van der Waals surface area contributed by atoms with Gasteiger partial charge in [-0.3, -0.25) is 0 Å². The summed E-state index contributed by atoms with van der Waals surface area (Å²) < 4.78 is 5.62. The molecule has 0 aliphatic heterocycles. The zero-order chi connectivity index (χ0) is 21.2. The van der Waals surface area contributed by atoms with Crippen LogP contribution in [0.5, 0.6) is 0 Å². The number of nitrogens with two attached hydrogens (primary N) is 1. The molecule has 3 aromatic carbocycles. The third-order valence-electron chi connectivity index (χ3n) is 5.24. The number of carbonyl (C=O) groups is 1. The van der Waals surface area contributed by atoms with Crippen molar-refractivity contribution in [2.24, 2.45) is 11.7 Å². The summed E-state index contributed by atoms with van der Waals surface area (Å²) in [6, 6.07) is 29.3. The van der Waals surface area contributed by atoms with Gasteiger partial charge in [-0.25, -0.2) is 4.79 Å². The van der Waals surface area contributed by atoms with Crippen molar-refractivity contribution in [2.75, 3.05) is 0 Å². The molecule has 0 aliphatic carbocycles. The summed E-state index contributed by atoms with van der Waals surface area (Å²) in [6.45, 7) is 2.09. The SMILES string of the molecule is C[C@H](C#Cc1ccccc1)[C@@](N)(CCc1ccccc1)C(=O)OCc1ccccc1. The summed E-state index contributed by atoms with van der Waals surface area (Å²) in [4.78, 5) is 13.1. The lowest BCUT2D eigenvalue weighted by atomic mass is 9.81. The van der Waals surface area contributed by atoms with Crippen LogP contribution in [0.2, 0.25) is 0 Å². The number of rotatable bonds is 7. The van der Waals surface area contributed by atoms with Gasteiger partial charge in [0.05, 0.1) is 0 Å². The highest BCUT2D eigenvalue weighted by Crippen LogP contribution is 2.24. The normalized spacial score (nSPS) is 13.4. The highest BCUT2D eigenvalue weighted by molar-refractivity contribution is 5.81. The zero-order valence-corrected chi connectivity index (χ0v) is 17.3. The zero-order valence-electron chi connectivity index (χ0n) is 17.3. The molecule has 2 N–H and O–H groups in total. The molecule has 0 saturated carbocycles. The van der Waals surface area contributed by atoms with Gasteiger partial charge < -0.3 is 10.5 Å². The van der Waals surface area contributed by atoms with Crippen LogP contribution in [0, 0.1) is 17.8 Å². The fourth-order valence-corrected chi connectivity index (χ4v) is 3.19. The van der Waals surface area contributed by atoms with Crippen molar-refractivity contribution in [2.45, 2.75) is 31.9 Å². The van der Waals surface area contributed by atoms with Crippen LogP contribution >= 0.6 is 0 Å².